The molecule has 2 aliphatic heterocycles. The van der Waals surface area contributed by atoms with Crippen molar-refractivity contribution in [2.24, 2.45) is 11.8 Å². The molecule has 0 radical (unpaired) electrons. The molecular weight excluding hydrogens is 496 g/mol. The zero-order valence-corrected chi connectivity index (χ0v) is 19.2. The molecule has 2 saturated heterocycles. The smallest absolute Gasteiger partial charge is 0.241 e. The average molecular weight is 510 g/mol. The number of carbonyl (C=O) groups excluding carboxylic acids is 4. The fourth-order valence-electron chi connectivity index (χ4n) is 5.38. The number of hydrogen-bond donors (Lipinski definition) is 0. The Hall–Kier alpha value is -3.39. The molecule has 0 saturated carbocycles. The third kappa shape index (κ3) is 2.86. The fraction of sp³-hybridized carbons (Fsp3) is 0.154. The number of halogens is 3. The van der Waals surface area contributed by atoms with Gasteiger partial charge in [0.2, 0.25) is 29.0 Å². The van der Waals surface area contributed by atoms with E-state index in [-0.39, 0.29) is 32.4 Å². The molecule has 174 valence electrons. The highest BCUT2D eigenvalue weighted by Gasteiger charge is 2.74. The SMILES string of the molecule is O=C1[C@@H]2[C@@H](c3cccc(F)c3)OC3(C(=O)c4ccccc4C3=O)[C@H]2C(=O)N1c1ccc(Cl)c(Cl)c1. The number of nitrogens with zero attached hydrogens (tertiary/aromatic N) is 1. The van der Waals surface area contributed by atoms with E-state index in [4.69, 9.17) is 27.9 Å². The van der Waals surface area contributed by atoms with E-state index in [0.29, 0.717) is 0 Å². The van der Waals surface area contributed by atoms with Crippen LogP contribution in [0.25, 0.3) is 0 Å². The van der Waals surface area contributed by atoms with Gasteiger partial charge in [-0.3, -0.25) is 19.2 Å². The molecule has 9 heteroatoms. The molecule has 3 aromatic carbocycles. The summed E-state index contributed by atoms with van der Waals surface area (Å²) in [6.45, 7) is 0. The molecule has 0 unspecified atom stereocenters. The van der Waals surface area contributed by atoms with Crippen LogP contribution in [0.2, 0.25) is 10.0 Å². The van der Waals surface area contributed by atoms with Gasteiger partial charge in [-0.05, 0) is 35.9 Å². The van der Waals surface area contributed by atoms with E-state index in [1.165, 1.54) is 48.5 Å². The molecular formula is C26H14Cl2FNO5. The number of Topliss-reactive ketones (excluding diaryl/α,β-unsaturated/α-hetero) is 2. The van der Waals surface area contributed by atoms with Crippen LogP contribution in [0, 0.1) is 17.7 Å². The molecule has 1 aliphatic carbocycles. The lowest BCUT2D eigenvalue weighted by Crippen LogP contribution is -2.51. The van der Waals surface area contributed by atoms with Gasteiger partial charge in [0.15, 0.2) is 0 Å². The zero-order valence-electron chi connectivity index (χ0n) is 17.7. The molecule has 3 atom stereocenters. The van der Waals surface area contributed by atoms with Gasteiger partial charge in [-0.15, -0.1) is 0 Å². The molecule has 0 bridgehead atoms. The van der Waals surface area contributed by atoms with Crippen LogP contribution in [-0.2, 0) is 14.3 Å². The summed E-state index contributed by atoms with van der Waals surface area (Å²) >= 11 is 12.1. The van der Waals surface area contributed by atoms with Crippen molar-refractivity contribution in [2.75, 3.05) is 4.90 Å². The number of anilines is 1. The van der Waals surface area contributed by atoms with Crippen molar-refractivity contribution in [3.8, 4) is 0 Å². The average Bonchev–Trinajstić information content (AvgIpc) is 3.41. The van der Waals surface area contributed by atoms with Gasteiger partial charge in [-0.2, -0.15) is 0 Å². The topological polar surface area (TPSA) is 80.8 Å². The first kappa shape index (κ1) is 22.1. The first-order valence-corrected chi connectivity index (χ1v) is 11.5. The number of carbonyl (C=O) groups is 4. The van der Waals surface area contributed by atoms with Crippen LogP contribution in [0.3, 0.4) is 0 Å². The lowest BCUT2D eigenvalue weighted by Gasteiger charge is -2.27. The van der Waals surface area contributed by atoms with E-state index in [2.05, 4.69) is 0 Å². The van der Waals surface area contributed by atoms with E-state index >= 15 is 0 Å². The second-order valence-electron chi connectivity index (χ2n) is 8.65. The number of imide groups is 1. The molecule has 2 amide bonds. The first-order valence-electron chi connectivity index (χ1n) is 10.7. The summed E-state index contributed by atoms with van der Waals surface area (Å²) in [7, 11) is 0. The van der Waals surface area contributed by atoms with E-state index in [0.717, 1.165) is 11.0 Å². The van der Waals surface area contributed by atoms with E-state index in [1.807, 2.05) is 0 Å². The third-order valence-corrected chi connectivity index (χ3v) is 7.60. The highest BCUT2D eigenvalue weighted by atomic mass is 35.5. The molecule has 35 heavy (non-hydrogen) atoms. The van der Waals surface area contributed by atoms with Crippen molar-refractivity contribution in [3.05, 3.63) is 99.3 Å². The number of benzene rings is 3. The second-order valence-corrected chi connectivity index (χ2v) is 9.46. The highest BCUT2D eigenvalue weighted by Crippen LogP contribution is 2.57. The predicted molar refractivity (Wildman–Crippen MR) is 124 cm³/mol. The molecule has 3 aliphatic rings. The van der Waals surface area contributed by atoms with Crippen molar-refractivity contribution >= 4 is 52.3 Å². The monoisotopic (exact) mass is 509 g/mol. The minimum Gasteiger partial charge on any atom is -0.349 e. The molecule has 6 nitrogen and oxygen atoms in total. The normalized spacial score (nSPS) is 24.4. The van der Waals surface area contributed by atoms with Gasteiger partial charge < -0.3 is 4.74 Å². The summed E-state index contributed by atoms with van der Waals surface area (Å²) in [5.41, 5.74) is -1.62. The summed E-state index contributed by atoms with van der Waals surface area (Å²) in [5.74, 6) is -6.10. The van der Waals surface area contributed by atoms with Gasteiger partial charge in [-0.25, -0.2) is 9.29 Å². The van der Waals surface area contributed by atoms with Crippen molar-refractivity contribution < 1.29 is 28.3 Å². The zero-order chi connectivity index (χ0) is 24.6. The number of ether oxygens (including phenoxy) is 1. The fourth-order valence-corrected chi connectivity index (χ4v) is 5.67. The Balaban J connectivity index is 1.55. The molecule has 2 fully saturated rings. The standard InChI is InChI=1S/C26H14Cl2FNO5/c27-17-9-8-14(11-18(17)28)30-24(33)19-20(25(30)34)26(35-21(19)12-4-3-5-13(29)10-12)22(31)15-6-1-2-7-16(15)23(26)32/h1-11,19-21H/t19-,20+,21+/m0/s1. The first-order chi connectivity index (χ1) is 16.8. The van der Waals surface area contributed by atoms with Crippen LogP contribution >= 0.6 is 23.2 Å². The molecule has 6 rings (SSSR count). The lowest BCUT2D eigenvalue weighted by molar-refractivity contribution is -0.127. The van der Waals surface area contributed by atoms with Gasteiger partial charge in [0.25, 0.3) is 0 Å². The number of ketones is 2. The van der Waals surface area contributed by atoms with Crippen LogP contribution < -0.4 is 4.90 Å². The number of rotatable bonds is 2. The maximum Gasteiger partial charge on any atom is 0.241 e. The number of hydrogen-bond acceptors (Lipinski definition) is 5. The molecule has 2 heterocycles. The minimum absolute atomic E-state index is 0.115. The Kier molecular flexibility index (Phi) is 4.77. The number of amides is 2. The summed E-state index contributed by atoms with van der Waals surface area (Å²) in [6.07, 6.45) is -1.21. The largest absolute Gasteiger partial charge is 0.349 e. The Morgan fingerprint density at radius 1 is 0.800 bits per heavy atom. The maximum absolute atomic E-state index is 14.1. The molecule has 3 aromatic rings. The predicted octanol–water partition coefficient (Wildman–Crippen LogP) is 4.83. The van der Waals surface area contributed by atoms with Crippen molar-refractivity contribution in [1.29, 1.82) is 0 Å². The van der Waals surface area contributed by atoms with Gasteiger partial charge in [0.1, 0.15) is 5.82 Å². The van der Waals surface area contributed by atoms with Crippen molar-refractivity contribution in [3.63, 3.8) is 0 Å². The second kappa shape index (κ2) is 7.55. The van der Waals surface area contributed by atoms with Crippen LogP contribution in [0.5, 0.6) is 0 Å². The third-order valence-electron chi connectivity index (χ3n) is 6.86. The van der Waals surface area contributed by atoms with E-state index < -0.39 is 52.7 Å². The quantitative estimate of drug-likeness (QED) is 0.365. The van der Waals surface area contributed by atoms with E-state index in [9.17, 15) is 23.6 Å². The van der Waals surface area contributed by atoms with Crippen LogP contribution in [-0.4, -0.2) is 29.0 Å². The number of fused-ring (bicyclic) bond motifs is 3. The minimum atomic E-state index is -2.23. The van der Waals surface area contributed by atoms with Crippen LogP contribution in [0.1, 0.15) is 32.4 Å². The van der Waals surface area contributed by atoms with Gasteiger partial charge in [-0.1, -0.05) is 59.6 Å². The Bertz CT molecular complexity index is 1450. The van der Waals surface area contributed by atoms with Gasteiger partial charge in [0.05, 0.1) is 33.7 Å². The highest BCUT2D eigenvalue weighted by molar-refractivity contribution is 6.42. The Morgan fingerprint density at radius 3 is 2.11 bits per heavy atom. The van der Waals surface area contributed by atoms with Crippen molar-refractivity contribution in [1.82, 2.24) is 0 Å². The lowest BCUT2D eigenvalue weighted by atomic mass is 9.77. The van der Waals surface area contributed by atoms with Crippen LogP contribution in [0.15, 0.2) is 66.7 Å². The van der Waals surface area contributed by atoms with Crippen LogP contribution in [0.4, 0.5) is 10.1 Å². The molecule has 0 aromatic heterocycles. The van der Waals surface area contributed by atoms with E-state index in [1.54, 1.807) is 12.1 Å². The summed E-state index contributed by atoms with van der Waals surface area (Å²) < 4.78 is 20.2. The van der Waals surface area contributed by atoms with Crippen molar-refractivity contribution in [2.45, 2.75) is 11.7 Å². The summed E-state index contributed by atoms with van der Waals surface area (Å²) in [5, 5.41) is 0.346. The Morgan fingerprint density at radius 2 is 1.49 bits per heavy atom. The molecule has 1 spiro atoms. The van der Waals surface area contributed by atoms with Gasteiger partial charge >= 0.3 is 0 Å². The maximum atomic E-state index is 14.1. The van der Waals surface area contributed by atoms with Gasteiger partial charge in [0, 0.05) is 11.1 Å². The summed E-state index contributed by atoms with van der Waals surface area (Å²) in [6, 6.07) is 15.7. The molecule has 0 N–H and O–H groups in total. The Labute approximate surface area is 208 Å². The summed E-state index contributed by atoms with van der Waals surface area (Å²) in [4.78, 5) is 55.8.